The Labute approximate surface area is 67.4 Å². The second kappa shape index (κ2) is 3.07. The fraction of sp³-hybridized carbons (Fsp3) is 1.00. The smallest absolute Gasteiger partial charge is 0.0459 e. The van der Waals surface area contributed by atoms with Crippen molar-refractivity contribution in [1.29, 1.82) is 0 Å². The van der Waals surface area contributed by atoms with Crippen LogP contribution in [0, 0.1) is 11.8 Å². The number of aliphatic hydroxyl groups excluding tert-OH is 1. The van der Waals surface area contributed by atoms with E-state index in [0.29, 0.717) is 12.5 Å². The van der Waals surface area contributed by atoms with Crippen LogP contribution < -0.4 is 5.32 Å². The van der Waals surface area contributed by atoms with Crippen LogP contribution in [0.5, 0.6) is 0 Å². The largest absolute Gasteiger partial charge is 0.396 e. The molecule has 0 radical (unpaired) electrons. The molecule has 2 fully saturated rings. The van der Waals surface area contributed by atoms with Crippen LogP contribution in [0.3, 0.4) is 0 Å². The van der Waals surface area contributed by atoms with E-state index in [0.717, 1.165) is 12.0 Å². The molecule has 2 nitrogen and oxygen atoms in total. The van der Waals surface area contributed by atoms with E-state index >= 15 is 0 Å². The average Bonchev–Trinajstić information content (AvgIpc) is 2.10. The quantitative estimate of drug-likeness (QED) is 0.587. The molecule has 60 valence electrons. The third kappa shape index (κ3) is 1.16. The monoisotopic (exact) mass is 163 g/mol. The van der Waals surface area contributed by atoms with Crippen molar-refractivity contribution in [3.05, 3.63) is 0 Å². The van der Waals surface area contributed by atoms with Gasteiger partial charge in [-0.2, -0.15) is 0 Å². The number of hydrogen-bond donors (Lipinski definition) is 2. The highest BCUT2D eigenvalue weighted by Crippen LogP contribution is 2.35. The normalized spacial score (nSPS) is 43.5. The van der Waals surface area contributed by atoms with Crippen LogP contribution in [-0.2, 0) is 0 Å². The summed E-state index contributed by atoms with van der Waals surface area (Å²) in [4.78, 5) is 0. The van der Waals surface area contributed by atoms with Crippen LogP contribution in [0.25, 0.3) is 0 Å². The van der Waals surface area contributed by atoms with Crippen molar-refractivity contribution >= 4 is 12.4 Å². The lowest BCUT2D eigenvalue weighted by molar-refractivity contribution is 0.227. The van der Waals surface area contributed by atoms with Gasteiger partial charge in [-0.3, -0.25) is 0 Å². The molecule has 0 spiro atoms. The molecule has 0 unspecified atom stereocenters. The van der Waals surface area contributed by atoms with Gasteiger partial charge in [0.25, 0.3) is 0 Å². The number of halogens is 1. The van der Waals surface area contributed by atoms with Gasteiger partial charge in [0.15, 0.2) is 0 Å². The molecule has 2 rings (SSSR count). The van der Waals surface area contributed by atoms with Gasteiger partial charge in [-0.15, -0.1) is 12.4 Å². The molecule has 0 aromatic carbocycles. The Hall–Kier alpha value is 0.210. The van der Waals surface area contributed by atoms with Gasteiger partial charge in [0, 0.05) is 12.6 Å². The third-order valence-corrected chi connectivity index (χ3v) is 2.69. The van der Waals surface area contributed by atoms with E-state index in [4.69, 9.17) is 5.11 Å². The summed E-state index contributed by atoms with van der Waals surface area (Å²) in [6.45, 7) is 1.59. The summed E-state index contributed by atoms with van der Waals surface area (Å²) in [7, 11) is 0. The maximum Gasteiger partial charge on any atom is 0.0459 e. The highest BCUT2D eigenvalue weighted by Gasteiger charge is 2.39. The predicted octanol–water partition coefficient (Wildman–Crippen LogP) is 0.398. The molecular formula is C7H14ClNO. The van der Waals surface area contributed by atoms with Crippen molar-refractivity contribution in [3.63, 3.8) is 0 Å². The van der Waals surface area contributed by atoms with Gasteiger partial charge in [0.1, 0.15) is 0 Å². The standard InChI is InChI=1S/C7H13NO.ClH/c9-4-5-1-6-3-8-7(6)2-5;/h5-9H,1-4H2;1H/t5-,6-,7+;/m1./s1. The summed E-state index contributed by atoms with van der Waals surface area (Å²) in [6, 6.07) is 0.766. The lowest BCUT2D eigenvalue weighted by Crippen LogP contribution is -2.49. The molecule has 1 saturated heterocycles. The highest BCUT2D eigenvalue weighted by molar-refractivity contribution is 5.85. The summed E-state index contributed by atoms with van der Waals surface area (Å²) in [5.41, 5.74) is 0. The second-order valence-electron chi connectivity index (χ2n) is 3.29. The average molecular weight is 164 g/mol. The zero-order chi connectivity index (χ0) is 6.27. The molecule has 2 aliphatic rings. The number of nitrogens with one attached hydrogen (secondary N) is 1. The SMILES string of the molecule is Cl.OC[C@@H]1C[C@@H]2CN[C@H]2C1. The summed E-state index contributed by atoms with van der Waals surface area (Å²) < 4.78 is 0. The van der Waals surface area contributed by atoms with Crippen molar-refractivity contribution in [2.24, 2.45) is 11.8 Å². The summed E-state index contributed by atoms with van der Waals surface area (Å²) in [5.74, 6) is 1.51. The van der Waals surface area contributed by atoms with Crippen molar-refractivity contribution in [1.82, 2.24) is 5.32 Å². The van der Waals surface area contributed by atoms with Gasteiger partial charge >= 0.3 is 0 Å². The van der Waals surface area contributed by atoms with Gasteiger partial charge < -0.3 is 10.4 Å². The molecule has 3 atom stereocenters. The minimum Gasteiger partial charge on any atom is -0.396 e. The number of rotatable bonds is 1. The molecule has 1 aliphatic carbocycles. The van der Waals surface area contributed by atoms with E-state index in [1.54, 1.807) is 0 Å². The Morgan fingerprint density at radius 2 is 2.20 bits per heavy atom. The number of hydrogen-bond acceptors (Lipinski definition) is 2. The zero-order valence-electron chi connectivity index (χ0n) is 5.92. The maximum atomic E-state index is 8.80. The number of aliphatic hydroxyl groups is 1. The van der Waals surface area contributed by atoms with Crippen LogP contribution in [0.2, 0.25) is 0 Å². The van der Waals surface area contributed by atoms with Gasteiger partial charge in [-0.25, -0.2) is 0 Å². The minimum atomic E-state index is 0. The van der Waals surface area contributed by atoms with Crippen LogP contribution in [0.1, 0.15) is 12.8 Å². The van der Waals surface area contributed by atoms with Gasteiger partial charge in [-0.1, -0.05) is 0 Å². The fourth-order valence-electron chi connectivity index (χ4n) is 2.01. The molecule has 0 aromatic heterocycles. The first kappa shape index (κ1) is 8.31. The van der Waals surface area contributed by atoms with Crippen molar-refractivity contribution in [2.45, 2.75) is 18.9 Å². The molecule has 0 aromatic rings. The minimum absolute atomic E-state index is 0. The molecular weight excluding hydrogens is 150 g/mol. The molecule has 10 heavy (non-hydrogen) atoms. The second-order valence-corrected chi connectivity index (χ2v) is 3.29. The summed E-state index contributed by atoms with van der Waals surface area (Å²) in [5, 5.41) is 12.2. The van der Waals surface area contributed by atoms with Gasteiger partial charge in [-0.05, 0) is 31.2 Å². The third-order valence-electron chi connectivity index (χ3n) is 2.69. The predicted molar refractivity (Wildman–Crippen MR) is 42.3 cm³/mol. The highest BCUT2D eigenvalue weighted by atomic mass is 35.5. The molecule has 0 bridgehead atoms. The van der Waals surface area contributed by atoms with E-state index < -0.39 is 0 Å². The Bertz CT molecular complexity index is 108. The van der Waals surface area contributed by atoms with Gasteiger partial charge in [0.2, 0.25) is 0 Å². The first-order valence-corrected chi connectivity index (χ1v) is 3.74. The Balaban J connectivity index is 0.000000500. The molecule has 3 heteroatoms. The fourth-order valence-corrected chi connectivity index (χ4v) is 2.01. The molecule has 2 N–H and O–H groups in total. The van der Waals surface area contributed by atoms with Crippen molar-refractivity contribution < 1.29 is 5.11 Å². The van der Waals surface area contributed by atoms with E-state index in [9.17, 15) is 0 Å². The molecule has 0 amide bonds. The molecule has 1 saturated carbocycles. The first-order chi connectivity index (χ1) is 4.40. The Morgan fingerprint density at radius 3 is 2.50 bits per heavy atom. The lowest BCUT2D eigenvalue weighted by atomic mass is 9.96. The number of fused-ring (bicyclic) bond motifs is 1. The molecule has 1 aliphatic heterocycles. The molecule has 1 heterocycles. The lowest BCUT2D eigenvalue weighted by Gasteiger charge is -2.31. The van der Waals surface area contributed by atoms with Crippen LogP contribution >= 0.6 is 12.4 Å². The van der Waals surface area contributed by atoms with Crippen LogP contribution in [0.4, 0.5) is 0 Å². The maximum absolute atomic E-state index is 8.80. The Morgan fingerprint density at radius 1 is 1.40 bits per heavy atom. The first-order valence-electron chi connectivity index (χ1n) is 3.74. The van der Waals surface area contributed by atoms with E-state index in [1.165, 1.54) is 19.4 Å². The van der Waals surface area contributed by atoms with Crippen molar-refractivity contribution in [3.8, 4) is 0 Å². The topological polar surface area (TPSA) is 32.3 Å². The Kier molecular flexibility index (Phi) is 2.55. The van der Waals surface area contributed by atoms with Gasteiger partial charge in [0.05, 0.1) is 0 Å². The van der Waals surface area contributed by atoms with Crippen LogP contribution in [-0.4, -0.2) is 24.3 Å². The van der Waals surface area contributed by atoms with E-state index in [-0.39, 0.29) is 12.4 Å². The summed E-state index contributed by atoms with van der Waals surface area (Å²) >= 11 is 0. The van der Waals surface area contributed by atoms with E-state index in [1.807, 2.05) is 0 Å². The van der Waals surface area contributed by atoms with E-state index in [2.05, 4.69) is 5.32 Å². The zero-order valence-corrected chi connectivity index (χ0v) is 6.73. The van der Waals surface area contributed by atoms with Crippen LogP contribution in [0.15, 0.2) is 0 Å². The van der Waals surface area contributed by atoms with Crippen molar-refractivity contribution in [2.75, 3.05) is 13.2 Å². The summed E-state index contributed by atoms with van der Waals surface area (Å²) in [6.07, 6.45) is 2.47.